The number of nitrogens with one attached hydrogen (secondary N) is 1. The molecule has 1 saturated heterocycles. The predicted octanol–water partition coefficient (Wildman–Crippen LogP) is 3.38. The summed E-state index contributed by atoms with van der Waals surface area (Å²) in [6, 6.07) is 17.0. The van der Waals surface area contributed by atoms with Gasteiger partial charge in [0.05, 0.1) is 6.54 Å². The summed E-state index contributed by atoms with van der Waals surface area (Å²) in [7, 11) is 4.15. The number of rotatable bonds is 7. The van der Waals surface area contributed by atoms with E-state index in [1.807, 2.05) is 6.07 Å². The number of likely N-dealkylation sites (tertiary alicyclic amines) is 1. The van der Waals surface area contributed by atoms with Gasteiger partial charge < -0.3 is 10.2 Å². The Bertz CT molecular complexity index is 843. The van der Waals surface area contributed by atoms with Crippen molar-refractivity contribution in [3.63, 3.8) is 0 Å². The van der Waals surface area contributed by atoms with Crippen LogP contribution in [-0.2, 0) is 17.9 Å². The normalized spacial score (nSPS) is 15.2. The van der Waals surface area contributed by atoms with Crippen molar-refractivity contribution in [1.29, 1.82) is 0 Å². The molecule has 1 aliphatic rings. The summed E-state index contributed by atoms with van der Waals surface area (Å²) in [5.41, 5.74) is 4.79. The van der Waals surface area contributed by atoms with Crippen LogP contribution in [0.5, 0.6) is 0 Å². The van der Waals surface area contributed by atoms with Gasteiger partial charge in [-0.25, -0.2) is 0 Å². The molecule has 152 valence electrons. The maximum absolute atomic E-state index is 12.7. The van der Waals surface area contributed by atoms with E-state index in [1.54, 1.807) is 0 Å². The molecule has 0 atom stereocenters. The summed E-state index contributed by atoms with van der Waals surface area (Å²) in [5, 5.41) is 3.16. The number of hydrogen-bond donors (Lipinski definition) is 1. The second-order valence-electron chi connectivity index (χ2n) is 8.06. The quantitative estimate of drug-likeness (QED) is 0.738. The molecule has 1 amide bonds. The lowest BCUT2D eigenvalue weighted by atomic mass is 9.95. The van der Waals surface area contributed by atoms with Gasteiger partial charge in [-0.1, -0.05) is 54.5 Å². The Morgan fingerprint density at radius 2 is 1.83 bits per heavy atom. The van der Waals surface area contributed by atoms with Crippen LogP contribution in [0.2, 0.25) is 0 Å². The summed E-state index contributed by atoms with van der Waals surface area (Å²) >= 11 is 0. The van der Waals surface area contributed by atoms with E-state index in [-0.39, 0.29) is 11.8 Å². The average Bonchev–Trinajstić information content (AvgIpc) is 2.73. The van der Waals surface area contributed by atoms with Crippen LogP contribution in [0.3, 0.4) is 0 Å². The molecular formula is C25H31N3O. The second kappa shape index (κ2) is 10.2. The fourth-order valence-corrected chi connectivity index (χ4v) is 3.92. The fourth-order valence-electron chi connectivity index (χ4n) is 3.92. The van der Waals surface area contributed by atoms with Crippen molar-refractivity contribution >= 4 is 5.91 Å². The van der Waals surface area contributed by atoms with Crippen molar-refractivity contribution in [2.75, 3.05) is 33.7 Å². The number of carbonyl (C=O) groups excluding carboxylic acids is 1. The van der Waals surface area contributed by atoms with Gasteiger partial charge in [-0.2, -0.15) is 0 Å². The zero-order valence-corrected chi connectivity index (χ0v) is 17.5. The Hall–Kier alpha value is -2.61. The lowest BCUT2D eigenvalue weighted by molar-refractivity contribution is -0.126. The highest BCUT2D eigenvalue weighted by Crippen LogP contribution is 2.25. The van der Waals surface area contributed by atoms with Crippen LogP contribution < -0.4 is 5.32 Å². The smallest absolute Gasteiger partial charge is 0.223 e. The molecule has 0 saturated carbocycles. The summed E-state index contributed by atoms with van der Waals surface area (Å²) in [6.45, 7) is 3.96. The van der Waals surface area contributed by atoms with Gasteiger partial charge in [0, 0.05) is 19.0 Å². The second-order valence-corrected chi connectivity index (χ2v) is 8.06. The summed E-state index contributed by atoms with van der Waals surface area (Å²) in [4.78, 5) is 17.1. The molecule has 1 N–H and O–H groups in total. The first kappa shape index (κ1) is 21.1. The molecular weight excluding hydrogens is 358 g/mol. The monoisotopic (exact) mass is 389 g/mol. The molecule has 4 nitrogen and oxygen atoms in total. The highest BCUT2D eigenvalue weighted by atomic mass is 16.1. The third kappa shape index (κ3) is 5.93. The van der Waals surface area contributed by atoms with Crippen molar-refractivity contribution in [3.05, 3.63) is 59.7 Å². The SMILES string of the molecule is C#CCN1CCC(C(=O)NCc2ccccc2-c2ccc(CN(C)C)cc2)CC1. The fraction of sp³-hybridized carbons (Fsp3) is 0.400. The summed E-state index contributed by atoms with van der Waals surface area (Å²) in [5.74, 6) is 2.92. The topological polar surface area (TPSA) is 35.6 Å². The number of nitrogens with zero attached hydrogens (tertiary/aromatic N) is 2. The molecule has 3 rings (SSSR count). The Morgan fingerprint density at radius 1 is 1.14 bits per heavy atom. The Balaban J connectivity index is 1.61. The molecule has 0 aromatic heterocycles. The van der Waals surface area contributed by atoms with Crippen molar-refractivity contribution in [1.82, 2.24) is 15.1 Å². The van der Waals surface area contributed by atoms with E-state index in [0.29, 0.717) is 13.1 Å². The summed E-state index contributed by atoms with van der Waals surface area (Å²) in [6.07, 6.45) is 7.14. The Labute approximate surface area is 174 Å². The molecule has 1 aliphatic heterocycles. The molecule has 4 heteroatoms. The van der Waals surface area contributed by atoms with Crippen LogP contribution in [0.4, 0.5) is 0 Å². The van der Waals surface area contributed by atoms with E-state index < -0.39 is 0 Å². The number of amides is 1. The van der Waals surface area contributed by atoms with Gasteiger partial charge in [-0.15, -0.1) is 6.42 Å². The number of terminal acetylenes is 1. The van der Waals surface area contributed by atoms with E-state index in [0.717, 1.165) is 38.0 Å². The molecule has 0 aliphatic carbocycles. The van der Waals surface area contributed by atoms with Crippen molar-refractivity contribution in [3.8, 4) is 23.5 Å². The maximum atomic E-state index is 12.7. The van der Waals surface area contributed by atoms with E-state index in [1.165, 1.54) is 16.7 Å². The van der Waals surface area contributed by atoms with E-state index in [2.05, 4.69) is 77.6 Å². The highest BCUT2D eigenvalue weighted by Gasteiger charge is 2.24. The van der Waals surface area contributed by atoms with Crippen LogP contribution in [0.1, 0.15) is 24.0 Å². The zero-order valence-electron chi connectivity index (χ0n) is 17.5. The van der Waals surface area contributed by atoms with Gasteiger partial charge in [0.2, 0.25) is 5.91 Å². The van der Waals surface area contributed by atoms with Crippen molar-refractivity contribution in [2.24, 2.45) is 5.92 Å². The minimum absolute atomic E-state index is 0.0847. The molecule has 0 spiro atoms. The molecule has 2 aromatic carbocycles. The van der Waals surface area contributed by atoms with Gasteiger partial charge in [0.1, 0.15) is 0 Å². The lowest BCUT2D eigenvalue weighted by Crippen LogP contribution is -2.40. The van der Waals surface area contributed by atoms with Gasteiger partial charge in [0.15, 0.2) is 0 Å². The first-order valence-corrected chi connectivity index (χ1v) is 10.3. The molecule has 1 fully saturated rings. The minimum atomic E-state index is 0.0847. The zero-order chi connectivity index (χ0) is 20.6. The number of piperidine rings is 1. The first-order valence-electron chi connectivity index (χ1n) is 10.3. The number of carbonyl (C=O) groups is 1. The third-order valence-corrected chi connectivity index (χ3v) is 5.51. The number of benzene rings is 2. The standard InChI is InChI=1S/C25H31N3O/c1-4-15-28-16-13-22(14-17-28)25(29)26-18-23-7-5-6-8-24(23)21-11-9-20(10-12-21)19-27(2)3/h1,5-12,22H,13-19H2,2-3H3,(H,26,29). The van der Waals surface area contributed by atoms with Crippen LogP contribution in [0, 0.1) is 18.3 Å². The first-order chi connectivity index (χ1) is 14.1. The molecule has 29 heavy (non-hydrogen) atoms. The molecule has 2 aromatic rings. The maximum Gasteiger partial charge on any atom is 0.223 e. The van der Waals surface area contributed by atoms with Gasteiger partial charge in [-0.3, -0.25) is 9.69 Å². The lowest BCUT2D eigenvalue weighted by Gasteiger charge is -2.29. The molecule has 0 bridgehead atoms. The largest absolute Gasteiger partial charge is 0.352 e. The van der Waals surface area contributed by atoms with Crippen LogP contribution in [0.25, 0.3) is 11.1 Å². The third-order valence-electron chi connectivity index (χ3n) is 5.51. The van der Waals surface area contributed by atoms with Crippen LogP contribution in [-0.4, -0.2) is 49.4 Å². The average molecular weight is 390 g/mol. The minimum Gasteiger partial charge on any atom is -0.352 e. The molecule has 0 radical (unpaired) electrons. The predicted molar refractivity (Wildman–Crippen MR) is 119 cm³/mol. The van der Waals surface area contributed by atoms with Gasteiger partial charge >= 0.3 is 0 Å². The van der Waals surface area contributed by atoms with E-state index in [4.69, 9.17) is 6.42 Å². The molecule has 1 heterocycles. The van der Waals surface area contributed by atoms with Gasteiger partial charge in [-0.05, 0) is 62.3 Å². The Kier molecular flexibility index (Phi) is 7.46. The number of hydrogen-bond acceptors (Lipinski definition) is 3. The molecule has 0 unspecified atom stereocenters. The van der Waals surface area contributed by atoms with Gasteiger partial charge in [0.25, 0.3) is 0 Å². The van der Waals surface area contributed by atoms with E-state index in [9.17, 15) is 4.79 Å². The van der Waals surface area contributed by atoms with E-state index >= 15 is 0 Å². The van der Waals surface area contributed by atoms with Crippen LogP contribution in [0.15, 0.2) is 48.5 Å². The Morgan fingerprint density at radius 3 is 2.48 bits per heavy atom. The summed E-state index contributed by atoms with van der Waals surface area (Å²) < 4.78 is 0. The van der Waals surface area contributed by atoms with Crippen molar-refractivity contribution < 1.29 is 4.79 Å². The van der Waals surface area contributed by atoms with Crippen LogP contribution >= 0.6 is 0 Å². The highest BCUT2D eigenvalue weighted by molar-refractivity contribution is 5.79. The van der Waals surface area contributed by atoms with Crippen molar-refractivity contribution in [2.45, 2.75) is 25.9 Å².